The molecule has 1 unspecified atom stereocenters. The zero-order valence-electron chi connectivity index (χ0n) is 6.23. The van der Waals surface area contributed by atoms with Gasteiger partial charge in [-0.3, -0.25) is 0 Å². The second-order valence-corrected chi connectivity index (χ2v) is 3.29. The molecule has 0 spiro atoms. The zero-order valence-corrected chi connectivity index (χ0v) is 7.81. The normalized spacial score (nSPS) is 13.0. The van der Waals surface area contributed by atoms with Crippen LogP contribution in [0, 0.1) is 5.82 Å². The largest absolute Gasteiger partial charge is 0.322 e. The van der Waals surface area contributed by atoms with Crippen molar-refractivity contribution in [2.24, 2.45) is 5.73 Å². The van der Waals surface area contributed by atoms with E-state index in [0.29, 0.717) is 10.0 Å². The van der Waals surface area contributed by atoms with Crippen LogP contribution in [0.2, 0.25) is 0 Å². The highest BCUT2D eigenvalue weighted by molar-refractivity contribution is 9.10. The van der Waals surface area contributed by atoms with Gasteiger partial charge in [0.15, 0.2) is 0 Å². The van der Waals surface area contributed by atoms with Gasteiger partial charge in [-0.05, 0) is 33.6 Å². The minimum Gasteiger partial charge on any atom is -0.322 e. The van der Waals surface area contributed by atoms with Crippen molar-refractivity contribution in [2.45, 2.75) is 6.04 Å². The van der Waals surface area contributed by atoms with Gasteiger partial charge in [-0.2, -0.15) is 0 Å². The van der Waals surface area contributed by atoms with Gasteiger partial charge in [0, 0.05) is 0 Å². The summed E-state index contributed by atoms with van der Waals surface area (Å²) >= 11 is 2.99. The van der Waals surface area contributed by atoms with Crippen LogP contribution in [0.15, 0.2) is 22.7 Å². The molecule has 1 atom stereocenters. The summed E-state index contributed by atoms with van der Waals surface area (Å²) in [7, 11) is 0. The molecule has 66 valence electrons. The highest BCUT2D eigenvalue weighted by atomic mass is 79.9. The maximum atomic E-state index is 12.9. The van der Waals surface area contributed by atoms with Gasteiger partial charge in [0.25, 0.3) is 0 Å². The molecule has 0 heterocycles. The Balaban J connectivity index is 2.96. The molecule has 1 nitrogen and oxygen atoms in total. The van der Waals surface area contributed by atoms with Crippen LogP contribution in [0.1, 0.15) is 11.6 Å². The van der Waals surface area contributed by atoms with E-state index >= 15 is 0 Å². The minimum absolute atomic E-state index is 0.359. The molecule has 0 aliphatic heterocycles. The van der Waals surface area contributed by atoms with Crippen molar-refractivity contribution in [3.8, 4) is 0 Å². The van der Waals surface area contributed by atoms with Crippen LogP contribution in [-0.4, -0.2) is 6.67 Å². The summed E-state index contributed by atoms with van der Waals surface area (Å²) in [6.07, 6.45) is 0. The van der Waals surface area contributed by atoms with E-state index in [2.05, 4.69) is 15.9 Å². The van der Waals surface area contributed by atoms with Gasteiger partial charge >= 0.3 is 0 Å². The predicted octanol–water partition coefficient (Wildman–Crippen LogP) is 2.56. The van der Waals surface area contributed by atoms with Gasteiger partial charge in [-0.1, -0.05) is 6.07 Å². The number of halogens is 3. The first-order valence-corrected chi connectivity index (χ1v) is 4.21. The van der Waals surface area contributed by atoms with Gasteiger partial charge in [-0.25, -0.2) is 8.78 Å². The molecule has 0 bridgehead atoms. The predicted molar refractivity (Wildman–Crippen MR) is 47.0 cm³/mol. The van der Waals surface area contributed by atoms with Gasteiger partial charge in [0.2, 0.25) is 0 Å². The summed E-state index contributed by atoms with van der Waals surface area (Å²) < 4.78 is 25.3. The lowest BCUT2D eigenvalue weighted by atomic mass is 10.1. The van der Waals surface area contributed by atoms with Crippen molar-refractivity contribution in [2.75, 3.05) is 6.67 Å². The second kappa shape index (κ2) is 3.96. The van der Waals surface area contributed by atoms with E-state index in [1.54, 1.807) is 6.07 Å². The van der Waals surface area contributed by atoms with Gasteiger partial charge < -0.3 is 5.73 Å². The summed E-state index contributed by atoms with van der Waals surface area (Å²) in [5.74, 6) is -0.420. The summed E-state index contributed by atoms with van der Waals surface area (Å²) in [5, 5.41) is 0. The van der Waals surface area contributed by atoms with Crippen LogP contribution in [0.3, 0.4) is 0 Å². The first kappa shape index (κ1) is 9.61. The fourth-order valence-electron chi connectivity index (χ4n) is 0.832. The molecule has 1 rings (SSSR count). The lowest BCUT2D eigenvalue weighted by Gasteiger charge is -2.07. The van der Waals surface area contributed by atoms with Crippen molar-refractivity contribution >= 4 is 15.9 Å². The van der Waals surface area contributed by atoms with Crippen molar-refractivity contribution in [1.29, 1.82) is 0 Å². The second-order valence-electron chi connectivity index (χ2n) is 2.43. The first-order chi connectivity index (χ1) is 5.65. The Kier molecular flexibility index (Phi) is 3.17. The van der Waals surface area contributed by atoms with E-state index in [-0.39, 0.29) is 0 Å². The lowest BCUT2D eigenvalue weighted by Crippen LogP contribution is -2.12. The van der Waals surface area contributed by atoms with Gasteiger partial charge in [-0.15, -0.1) is 0 Å². The smallest absolute Gasteiger partial charge is 0.137 e. The molecule has 0 saturated heterocycles. The third-order valence-corrected chi connectivity index (χ3v) is 2.18. The fraction of sp³-hybridized carbons (Fsp3) is 0.250. The Morgan fingerprint density at radius 3 is 2.67 bits per heavy atom. The van der Waals surface area contributed by atoms with E-state index in [4.69, 9.17) is 5.73 Å². The third-order valence-electron chi connectivity index (χ3n) is 1.54. The molecular formula is C8H8BrF2N. The molecule has 0 aliphatic rings. The van der Waals surface area contributed by atoms with E-state index < -0.39 is 18.5 Å². The van der Waals surface area contributed by atoms with Crippen molar-refractivity contribution in [3.05, 3.63) is 34.1 Å². The highest BCUT2D eigenvalue weighted by Gasteiger charge is 2.07. The number of rotatable bonds is 2. The topological polar surface area (TPSA) is 26.0 Å². The monoisotopic (exact) mass is 235 g/mol. The molecule has 0 saturated carbocycles. The molecule has 0 aliphatic carbocycles. The zero-order chi connectivity index (χ0) is 9.14. The van der Waals surface area contributed by atoms with Crippen LogP contribution < -0.4 is 5.73 Å². The van der Waals surface area contributed by atoms with Crippen molar-refractivity contribution in [1.82, 2.24) is 0 Å². The Labute approximate surface area is 77.7 Å². The molecule has 1 aromatic carbocycles. The molecule has 0 radical (unpaired) electrons. The maximum absolute atomic E-state index is 12.9. The molecule has 2 N–H and O–H groups in total. The number of hydrogen-bond acceptors (Lipinski definition) is 1. The number of benzene rings is 1. The number of alkyl halides is 1. The van der Waals surface area contributed by atoms with Crippen molar-refractivity contribution < 1.29 is 8.78 Å². The number of hydrogen-bond donors (Lipinski definition) is 1. The Bertz CT molecular complexity index is 278. The molecule has 0 amide bonds. The maximum Gasteiger partial charge on any atom is 0.137 e. The summed E-state index contributed by atoms with van der Waals surface area (Å²) in [6, 6.07) is 3.61. The Morgan fingerprint density at radius 2 is 2.17 bits per heavy atom. The lowest BCUT2D eigenvalue weighted by molar-refractivity contribution is 0.436. The molecular weight excluding hydrogens is 228 g/mol. The third kappa shape index (κ3) is 2.01. The Hall–Kier alpha value is -0.480. The van der Waals surface area contributed by atoms with Crippen LogP contribution in [0.4, 0.5) is 8.78 Å². The SMILES string of the molecule is NC(CF)c1ccc(Br)c(F)c1. The summed E-state index contributed by atoms with van der Waals surface area (Å²) in [6.45, 7) is -0.679. The van der Waals surface area contributed by atoms with Gasteiger partial charge in [0.05, 0.1) is 10.5 Å². The van der Waals surface area contributed by atoms with E-state index in [0.717, 1.165) is 0 Å². The van der Waals surface area contributed by atoms with Gasteiger partial charge in [0.1, 0.15) is 12.5 Å². The van der Waals surface area contributed by atoms with E-state index in [9.17, 15) is 8.78 Å². The van der Waals surface area contributed by atoms with E-state index in [1.807, 2.05) is 0 Å². The quantitative estimate of drug-likeness (QED) is 0.838. The Morgan fingerprint density at radius 1 is 1.50 bits per heavy atom. The standard InChI is InChI=1S/C8H8BrF2N/c9-6-2-1-5(3-7(6)11)8(12)4-10/h1-3,8H,4,12H2. The summed E-state index contributed by atoms with van der Waals surface area (Å²) in [5.41, 5.74) is 5.83. The summed E-state index contributed by atoms with van der Waals surface area (Å²) in [4.78, 5) is 0. The van der Waals surface area contributed by atoms with E-state index in [1.165, 1.54) is 12.1 Å². The molecule has 0 aromatic heterocycles. The van der Waals surface area contributed by atoms with Crippen LogP contribution in [0.25, 0.3) is 0 Å². The average Bonchev–Trinajstić information content (AvgIpc) is 2.08. The number of nitrogens with two attached hydrogens (primary N) is 1. The molecule has 0 fully saturated rings. The molecule has 12 heavy (non-hydrogen) atoms. The molecule has 4 heteroatoms. The first-order valence-electron chi connectivity index (χ1n) is 3.41. The van der Waals surface area contributed by atoms with Crippen LogP contribution in [-0.2, 0) is 0 Å². The van der Waals surface area contributed by atoms with Crippen LogP contribution >= 0.6 is 15.9 Å². The average molecular weight is 236 g/mol. The molecule has 1 aromatic rings. The van der Waals surface area contributed by atoms with Crippen molar-refractivity contribution in [3.63, 3.8) is 0 Å². The minimum atomic E-state index is -0.729. The van der Waals surface area contributed by atoms with Crippen LogP contribution in [0.5, 0.6) is 0 Å². The highest BCUT2D eigenvalue weighted by Crippen LogP contribution is 2.19. The fourth-order valence-corrected chi connectivity index (χ4v) is 1.08.